The number of ether oxygens (including phenoxy) is 1. The van der Waals surface area contributed by atoms with Gasteiger partial charge in [-0.15, -0.1) is 12.4 Å². The Morgan fingerprint density at radius 1 is 1.14 bits per heavy atom. The molecule has 0 bridgehead atoms. The Kier molecular flexibility index (Phi) is 10.3. The van der Waals surface area contributed by atoms with Gasteiger partial charge >= 0.3 is 5.91 Å². The van der Waals surface area contributed by atoms with E-state index in [0.717, 1.165) is 0 Å². The predicted octanol–water partition coefficient (Wildman–Crippen LogP) is -4.13. The van der Waals surface area contributed by atoms with E-state index < -0.39 is 49.1 Å². The molecule has 1 fully saturated rings. The van der Waals surface area contributed by atoms with Crippen LogP contribution in [0.4, 0.5) is 11.6 Å². The highest BCUT2D eigenvalue weighted by atomic mass is 35.5. The zero-order valence-corrected chi connectivity index (χ0v) is 15.8. The Labute approximate surface area is 169 Å². The van der Waals surface area contributed by atoms with Crippen LogP contribution in [0, 0.1) is 0 Å². The van der Waals surface area contributed by atoms with Crippen molar-refractivity contribution in [1.29, 1.82) is 0 Å². The highest BCUT2D eigenvalue weighted by Crippen LogP contribution is 2.18. The van der Waals surface area contributed by atoms with Crippen LogP contribution in [0.1, 0.15) is 10.5 Å². The molecule has 1 aliphatic heterocycles. The first kappa shape index (κ1) is 26.0. The van der Waals surface area contributed by atoms with Crippen molar-refractivity contribution in [2.45, 2.75) is 30.6 Å². The Morgan fingerprint density at radius 3 is 2.21 bits per heavy atom. The van der Waals surface area contributed by atoms with Crippen molar-refractivity contribution >= 4 is 47.5 Å². The minimum Gasteiger partial charge on any atom is -0.394 e. The number of amides is 1. The lowest BCUT2D eigenvalue weighted by molar-refractivity contribution is -0.248. The fraction of sp³-hybridized carbons (Fsp3) is 0.500. The molecule has 14 nitrogen and oxygen atoms in total. The van der Waals surface area contributed by atoms with Gasteiger partial charge < -0.3 is 53.8 Å². The Morgan fingerprint density at radius 2 is 1.71 bits per heavy atom. The fourth-order valence-corrected chi connectivity index (χ4v) is 2.01. The monoisotopic (exact) mass is 444 g/mol. The lowest BCUT2D eigenvalue weighted by atomic mass is 9.98. The molecule has 5 atom stereocenters. The number of rotatable bonds is 2. The molecule has 0 spiro atoms. The summed E-state index contributed by atoms with van der Waals surface area (Å²) in [6, 6.07) is -1.04. The molecule has 0 saturated carbocycles. The van der Waals surface area contributed by atoms with Gasteiger partial charge in [0.25, 0.3) is 0 Å². The van der Waals surface area contributed by atoms with E-state index in [2.05, 4.69) is 15.0 Å². The summed E-state index contributed by atoms with van der Waals surface area (Å²) in [4.78, 5) is 21.7. The number of anilines is 2. The van der Waals surface area contributed by atoms with Crippen LogP contribution in [0.3, 0.4) is 0 Å². The van der Waals surface area contributed by atoms with Crippen molar-refractivity contribution < 1.29 is 30.0 Å². The topological polar surface area (TPSA) is 275 Å². The number of hydrogen-bond acceptors (Lipinski definition) is 11. The van der Waals surface area contributed by atoms with Gasteiger partial charge in [0.15, 0.2) is 34.7 Å². The zero-order valence-electron chi connectivity index (χ0n) is 14.2. The molecule has 160 valence electrons. The first-order chi connectivity index (χ1) is 12.5. The van der Waals surface area contributed by atoms with Crippen LogP contribution in [-0.4, -0.2) is 79.5 Å². The number of aromatic nitrogens is 2. The van der Waals surface area contributed by atoms with Crippen LogP contribution in [0.5, 0.6) is 0 Å². The van der Waals surface area contributed by atoms with Crippen molar-refractivity contribution in [3.05, 3.63) is 10.8 Å². The van der Waals surface area contributed by atoms with E-state index >= 15 is 0 Å². The molecule has 28 heavy (non-hydrogen) atoms. The van der Waals surface area contributed by atoms with Crippen molar-refractivity contribution in [3.8, 4) is 0 Å². The summed E-state index contributed by atoms with van der Waals surface area (Å²) < 4.78 is 4.70. The van der Waals surface area contributed by atoms with E-state index in [1.807, 2.05) is 0 Å². The second-order valence-corrected chi connectivity index (χ2v) is 5.64. The molecule has 1 aromatic heterocycles. The largest absolute Gasteiger partial charge is 0.394 e. The standard InChI is InChI=1S/C6H8ClN7O.C6H13NO5.ClH/c7-2-4(9)13-3(8)1(12-2)5(15)14-6(10)11;7-3-5(10)4(9)2(1-8)12-6(3)11;/h(H4,8,9,13)(H4,10,11,14,15);2-6,8-11H,1,7H2;1H/t;2-,3-,4-,5-,6-;/m.1./s1. The van der Waals surface area contributed by atoms with Gasteiger partial charge in [-0.3, -0.25) is 4.79 Å². The second-order valence-electron chi connectivity index (χ2n) is 5.28. The summed E-state index contributed by atoms with van der Waals surface area (Å²) in [7, 11) is 0. The summed E-state index contributed by atoms with van der Waals surface area (Å²) in [6.45, 7) is -0.470. The first-order valence-electron chi connectivity index (χ1n) is 7.28. The van der Waals surface area contributed by atoms with Gasteiger partial charge in [-0.05, 0) is 0 Å². The van der Waals surface area contributed by atoms with E-state index in [4.69, 9.17) is 55.2 Å². The third-order valence-electron chi connectivity index (χ3n) is 3.29. The highest BCUT2D eigenvalue weighted by Gasteiger charge is 2.41. The summed E-state index contributed by atoms with van der Waals surface area (Å²) in [5.41, 5.74) is 25.7. The van der Waals surface area contributed by atoms with Crippen molar-refractivity contribution in [3.63, 3.8) is 0 Å². The molecule has 0 radical (unpaired) electrons. The Balaban J connectivity index is 0.000000514. The van der Waals surface area contributed by atoms with Crippen LogP contribution in [0.25, 0.3) is 0 Å². The normalized spacial score (nSPS) is 26.3. The molecule has 14 N–H and O–H groups in total. The third-order valence-corrected chi connectivity index (χ3v) is 3.56. The maximum Gasteiger partial charge on any atom is 0.302 e. The predicted molar refractivity (Wildman–Crippen MR) is 101 cm³/mol. The van der Waals surface area contributed by atoms with Crippen LogP contribution in [0.2, 0.25) is 5.15 Å². The van der Waals surface area contributed by atoms with Crippen LogP contribution in [-0.2, 0) is 4.74 Å². The van der Waals surface area contributed by atoms with Crippen LogP contribution < -0.4 is 28.7 Å². The average Bonchev–Trinajstić information content (AvgIpc) is 2.59. The summed E-state index contributed by atoms with van der Waals surface area (Å²) in [5.74, 6) is -1.50. The number of carbonyl (C=O) groups excluding carboxylic acids is 1. The van der Waals surface area contributed by atoms with E-state index in [-0.39, 0.29) is 34.9 Å². The van der Waals surface area contributed by atoms with Crippen molar-refractivity contribution in [2.24, 2.45) is 22.2 Å². The minimum absolute atomic E-state index is 0. The molecule has 1 saturated heterocycles. The number of aliphatic hydroxyl groups excluding tert-OH is 4. The molecule has 0 aromatic carbocycles. The van der Waals surface area contributed by atoms with E-state index in [0.29, 0.717) is 0 Å². The van der Waals surface area contributed by atoms with E-state index in [1.165, 1.54) is 0 Å². The van der Waals surface area contributed by atoms with Gasteiger partial charge in [0.2, 0.25) is 0 Å². The maximum atomic E-state index is 11.3. The molecule has 1 aliphatic rings. The number of aliphatic hydroxyl groups is 4. The fourth-order valence-electron chi connectivity index (χ4n) is 1.89. The van der Waals surface area contributed by atoms with Crippen LogP contribution >= 0.6 is 24.0 Å². The first-order valence-corrected chi connectivity index (χ1v) is 7.65. The number of nitrogens with two attached hydrogens (primary N) is 5. The number of nitrogen functional groups attached to an aromatic ring is 2. The molecule has 1 amide bonds. The summed E-state index contributed by atoms with van der Waals surface area (Å²) in [6.07, 6.45) is -4.85. The van der Waals surface area contributed by atoms with Gasteiger partial charge in [0.1, 0.15) is 18.3 Å². The number of guanidine groups is 1. The molecule has 0 unspecified atom stereocenters. The number of nitrogens with zero attached hydrogens (tertiary/aromatic N) is 3. The molecule has 16 heteroatoms. The van der Waals surface area contributed by atoms with Gasteiger partial charge in [-0.2, -0.15) is 4.99 Å². The van der Waals surface area contributed by atoms with Crippen molar-refractivity contribution in [1.82, 2.24) is 9.97 Å². The molecular formula is C12H22Cl2N8O6. The van der Waals surface area contributed by atoms with E-state index in [9.17, 15) is 15.0 Å². The zero-order chi connectivity index (χ0) is 20.9. The number of aliphatic imine (C=N–C) groups is 1. The van der Waals surface area contributed by atoms with Crippen LogP contribution in [0.15, 0.2) is 4.99 Å². The van der Waals surface area contributed by atoms with Gasteiger partial charge in [0, 0.05) is 0 Å². The smallest absolute Gasteiger partial charge is 0.302 e. The lowest BCUT2D eigenvalue weighted by Crippen LogP contribution is -2.61. The summed E-state index contributed by atoms with van der Waals surface area (Å²) >= 11 is 5.55. The summed E-state index contributed by atoms with van der Waals surface area (Å²) in [5, 5.41) is 35.9. The van der Waals surface area contributed by atoms with Crippen molar-refractivity contribution in [2.75, 3.05) is 18.1 Å². The Bertz CT molecular complexity index is 702. The van der Waals surface area contributed by atoms with Gasteiger partial charge in [-0.1, -0.05) is 11.6 Å². The Hall–Kier alpha value is -2.04. The maximum absolute atomic E-state index is 11.3. The average molecular weight is 445 g/mol. The lowest BCUT2D eigenvalue weighted by Gasteiger charge is -2.38. The number of hydrogen-bond donors (Lipinski definition) is 9. The molecule has 1 aromatic rings. The number of carbonyl (C=O) groups is 1. The molecule has 0 aliphatic carbocycles. The SMILES string of the molecule is Cl.NC(N)=NC(=O)c1nc(Cl)c(N)nc1N.N[C@@H]1[C@@H](O)[C@H](O)[C@@H](CO)O[C@H]1O. The molecular weight excluding hydrogens is 423 g/mol. The molecule has 2 rings (SSSR count). The number of halogens is 2. The quantitative estimate of drug-likeness (QED) is 0.155. The van der Waals surface area contributed by atoms with Gasteiger partial charge in [0.05, 0.1) is 12.6 Å². The highest BCUT2D eigenvalue weighted by molar-refractivity contribution is 6.31. The van der Waals surface area contributed by atoms with E-state index in [1.54, 1.807) is 0 Å². The second kappa shape index (κ2) is 11.1. The molecule has 2 heterocycles. The minimum atomic E-state index is -1.35. The van der Waals surface area contributed by atoms with Gasteiger partial charge in [-0.25, -0.2) is 9.97 Å². The third kappa shape index (κ3) is 6.54.